The van der Waals surface area contributed by atoms with Crippen LogP contribution >= 0.6 is 0 Å². The van der Waals surface area contributed by atoms with E-state index in [-0.39, 0.29) is 23.8 Å². The number of urea groups is 1. The van der Waals surface area contributed by atoms with Crippen molar-refractivity contribution in [3.63, 3.8) is 0 Å². The van der Waals surface area contributed by atoms with Gasteiger partial charge in [-0.05, 0) is 31.0 Å². The fourth-order valence-corrected chi connectivity index (χ4v) is 2.91. The normalized spacial score (nSPS) is 16.3. The molecule has 1 fully saturated rings. The summed E-state index contributed by atoms with van der Waals surface area (Å²) in [5.41, 5.74) is -0.0944. The lowest BCUT2D eigenvalue weighted by Crippen LogP contribution is -2.47. The van der Waals surface area contributed by atoms with Crippen LogP contribution in [0, 0.1) is 10.1 Å². The summed E-state index contributed by atoms with van der Waals surface area (Å²) in [6, 6.07) is 8.21. The summed E-state index contributed by atoms with van der Waals surface area (Å²) in [5.74, 6) is 0.337. The number of likely N-dealkylation sites (tertiary alicyclic amines) is 1. The largest absolute Gasteiger partial charge is 0.467 e. The topological polar surface area (TPSA) is 118 Å². The summed E-state index contributed by atoms with van der Waals surface area (Å²) in [6.07, 6.45) is 2.74. The minimum Gasteiger partial charge on any atom is -0.467 e. The number of nitro benzene ring substituents is 1. The number of para-hydroxylation sites is 2. The lowest BCUT2D eigenvalue weighted by Gasteiger charge is -2.24. The standard InChI is InChI=1S/C17H18N4O5/c22-16(18-11-12-5-4-10-26-12)15-8-3-9-20(15)17(23)19-13-6-1-2-7-14(13)21(24)25/h1-2,4-7,10,15H,3,8-9,11H2,(H,18,22)(H,19,23)/t15-/m0/s1. The molecule has 2 heterocycles. The predicted molar refractivity (Wildman–Crippen MR) is 92.4 cm³/mol. The summed E-state index contributed by atoms with van der Waals surface area (Å²) in [6.45, 7) is 0.646. The van der Waals surface area contributed by atoms with Crippen LogP contribution in [0.4, 0.5) is 16.2 Å². The molecule has 3 rings (SSSR count). The number of amides is 3. The molecule has 136 valence electrons. The fraction of sp³-hybridized carbons (Fsp3) is 0.294. The molecule has 0 radical (unpaired) electrons. The van der Waals surface area contributed by atoms with Crippen molar-refractivity contribution < 1.29 is 18.9 Å². The van der Waals surface area contributed by atoms with Crippen LogP contribution < -0.4 is 10.6 Å². The van der Waals surface area contributed by atoms with Gasteiger partial charge in [-0.15, -0.1) is 0 Å². The van der Waals surface area contributed by atoms with Gasteiger partial charge in [-0.3, -0.25) is 14.9 Å². The highest BCUT2D eigenvalue weighted by Crippen LogP contribution is 2.25. The highest BCUT2D eigenvalue weighted by Gasteiger charge is 2.34. The van der Waals surface area contributed by atoms with Crippen molar-refractivity contribution in [1.82, 2.24) is 10.2 Å². The molecule has 2 aromatic rings. The van der Waals surface area contributed by atoms with Gasteiger partial charge < -0.3 is 20.0 Å². The van der Waals surface area contributed by atoms with Crippen LogP contribution in [0.25, 0.3) is 0 Å². The number of hydrogen-bond acceptors (Lipinski definition) is 5. The number of furan rings is 1. The monoisotopic (exact) mass is 358 g/mol. The third-order valence-electron chi connectivity index (χ3n) is 4.18. The van der Waals surface area contributed by atoms with Crippen LogP contribution in [0.3, 0.4) is 0 Å². The predicted octanol–water partition coefficient (Wildman–Crippen LogP) is 2.50. The quantitative estimate of drug-likeness (QED) is 0.629. The van der Waals surface area contributed by atoms with Crippen molar-refractivity contribution >= 4 is 23.3 Å². The molecule has 0 saturated carbocycles. The van der Waals surface area contributed by atoms with Gasteiger partial charge in [0.2, 0.25) is 5.91 Å². The van der Waals surface area contributed by atoms with Crippen molar-refractivity contribution in [2.45, 2.75) is 25.4 Å². The Balaban J connectivity index is 1.65. The number of hydrogen-bond donors (Lipinski definition) is 2. The Morgan fingerprint density at radius 3 is 2.81 bits per heavy atom. The van der Waals surface area contributed by atoms with E-state index < -0.39 is 17.0 Å². The van der Waals surface area contributed by atoms with E-state index in [9.17, 15) is 19.7 Å². The van der Waals surface area contributed by atoms with E-state index in [0.29, 0.717) is 25.1 Å². The maximum absolute atomic E-state index is 12.5. The van der Waals surface area contributed by atoms with E-state index in [1.54, 1.807) is 18.2 Å². The zero-order valence-electron chi connectivity index (χ0n) is 13.9. The molecule has 3 amide bonds. The second-order valence-corrected chi connectivity index (χ2v) is 5.85. The highest BCUT2D eigenvalue weighted by molar-refractivity contribution is 5.95. The summed E-state index contributed by atoms with van der Waals surface area (Å²) in [5, 5.41) is 16.3. The van der Waals surface area contributed by atoms with E-state index in [1.807, 2.05) is 0 Å². The third-order valence-corrected chi connectivity index (χ3v) is 4.18. The molecule has 1 atom stereocenters. The molecule has 2 N–H and O–H groups in total. The Hall–Kier alpha value is -3.36. The first-order valence-electron chi connectivity index (χ1n) is 8.17. The summed E-state index contributed by atoms with van der Waals surface area (Å²) < 4.78 is 5.16. The average molecular weight is 358 g/mol. The molecule has 1 aliphatic heterocycles. The van der Waals surface area contributed by atoms with E-state index in [0.717, 1.165) is 0 Å². The van der Waals surface area contributed by atoms with Crippen LogP contribution in [-0.2, 0) is 11.3 Å². The zero-order valence-corrected chi connectivity index (χ0v) is 13.9. The highest BCUT2D eigenvalue weighted by atomic mass is 16.6. The van der Waals surface area contributed by atoms with Gasteiger partial charge in [0.25, 0.3) is 5.69 Å². The molecule has 1 saturated heterocycles. The first kappa shape index (κ1) is 17.5. The van der Waals surface area contributed by atoms with Crippen LogP contribution in [0.15, 0.2) is 47.1 Å². The van der Waals surface area contributed by atoms with Crippen molar-refractivity contribution in [2.75, 3.05) is 11.9 Å². The van der Waals surface area contributed by atoms with Crippen LogP contribution in [0.5, 0.6) is 0 Å². The van der Waals surface area contributed by atoms with E-state index >= 15 is 0 Å². The number of anilines is 1. The number of carbonyl (C=O) groups is 2. The van der Waals surface area contributed by atoms with Crippen molar-refractivity contribution in [3.8, 4) is 0 Å². The Kier molecular flexibility index (Phi) is 5.16. The molecule has 1 aromatic heterocycles. The molecule has 1 aromatic carbocycles. The molecule has 9 nitrogen and oxygen atoms in total. The molecule has 9 heteroatoms. The minimum atomic E-state index is -0.618. The van der Waals surface area contributed by atoms with Gasteiger partial charge in [-0.2, -0.15) is 0 Å². The van der Waals surface area contributed by atoms with E-state index in [1.165, 1.54) is 29.4 Å². The lowest BCUT2D eigenvalue weighted by atomic mass is 10.2. The van der Waals surface area contributed by atoms with Crippen molar-refractivity contribution in [3.05, 3.63) is 58.5 Å². The van der Waals surface area contributed by atoms with Crippen molar-refractivity contribution in [2.24, 2.45) is 0 Å². The molecule has 0 bridgehead atoms. The number of nitrogens with one attached hydrogen (secondary N) is 2. The van der Waals surface area contributed by atoms with Crippen molar-refractivity contribution in [1.29, 1.82) is 0 Å². The SMILES string of the molecule is O=C(NCc1ccco1)[C@@H]1CCCN1C(=O)Nc1ccccc1[N+](=O)[O-]. The molecule has 0 spiro atoms. The summed E-state index contributed by atoms with van der Waals surface area (Å²) in [7, 11) is 0. The van der Waals surface area contributed by atoms with Crippen LogP contribution in [0.2, 0.25) is 0 Å². The maximum Gasteiger partial charge on any atom is 0.322 e. The first-order chi connectivity index (χ1) is 12.6. The van der Waals surface area contributed by atoms with Gasteiger partial charge in [-0.25, -0.2) is 4.79 Å². The minimum absolute atomic E-state index is 0.101. The van der Waals surface area contributed by atoms with Gasteiger partial charge in [0, 0.05) is 12.6 Å². The third kappa shape index (κ3) is 3.82. The average Bonchev–Trinajstić information content (AvgIpc) is 3.31. The Morgan fingerprint density at radius 1 is 1.27 bits per heavy atom. The Labute approximate surface area is 149 Å². The molecule has 26 heavy (non-hydrogen) atoms. The van der Waals surface area contributed by atoms with Crippen LogP contribution in [-0.4, -0.2) is 34.3 Å². The maximum atomic E-state index is 12.5. The van der Waals surface area contributed by atoms with Crippen LogP contribution in [0.1, 0.15) is 18.6 Å². The first-order valence-corrected chi connectivity index (χ1v) is 8.17. The molecular formula is C17H18N4O5. The number of carbonyl (C=O) groups excluding carboxylic acids is 2. The van der Waals surface area contributed by atoms with E-state index in [2.05, 4.69) is 10.6 Å². The summed E-state index contributed by atoms with van der Waals surface area (Å²) in [4.78, 5) is 36.8. The number of rotatable bonds is 5. The van der Waals surface area contributed by atoms with Gasteiger partial charge in [0.1, 0.15) is 17.5 Å². The second kappa shape index (κ2) is 7.68. The number of nitro groups is 1. The molecular weight excluding hydrogens is 340 g/mol. The Bertz CT molecular complexity index is 805. The van der Waals surface area contributed by atoms with Gasteiger partial charge in [0.05, 0.1) is 17.7 Å². The van der Waals surface area contributed by atoms with Gasteiger partial charge in [-0.1, -0.05) is 12.1 Å². The zero-order chi connectivity index (χ0) is 18.5. The lowest BCUT2D eigenvalue weighted by molar-refractivity contribution is -0.383. The summed E-state index contributed by atoms with van der Waals surface area (Å²) >= 11 is 0. The number of benzene rings is 1. The number of nitrogens with zero attached hydrogens (tertiary/aromatic N) is 2. The second-order valence-electron chi connectivity index (χ2n) is 5.85. The molecule has 0 unspecified atom stereocenters. The molecule has 0 aliphatic carbocycles. The Morgan fingerprint density at radius 2 is 2.08 bits per heavy atom. The van der Waals surface area contributed by atoms with Gasteiger partial charge >= 0.3 is 6.03 Å². The molecule has 1 aliphatic rings. The fourth-order valence-electron chi connectivity index (χ4n) is 2.91. The smallest absolute Gasteiger partial charge is 0.322 e. The van der Waals surface area contributed by atoms with E-state index in [4.69, 9.17) is 4.42 Å². The van der Waals surface area contributed by atoms with Gasteiger partial charge in [0.15, 0.2) is 0 Å².